The molecule has 0 spiro atoms. The Balaban J connectivity index is 1.04. The Hall–Kier alpha value is -2.84. The van der Waals surface area contributed by atoms with Crippen LogP contribution in [0.15, 0.2) is 48.5 Å². The maximum Gasteiger partial charge on any atom is 0.321 e. The van der Waals surface area contributed by atoms with Crippen molar-refractivity contribution in [1.82, 2.24) is 29.8 Å². The fraction of sp³-hybridized carbons (Fsp3) is 0.625. The Labute approximate surface area is 237 Å². The van der Waals surface area contributed by atoms with Crippen molar-refractivity contribution in [3.8, 4) is 0 Å². The van der Waals surface area contributed by atoms with Crippen molar-refractivity contribution >= 4 is 11.6 Å². The Morgan fingerprint density at radius 1 is 0.950 bits per heavy atom. The minimum Gasteiger partial charge on any atom is -0.480 e. The average Bonchev–Trinajstić information content (AvgIpc) is 3.63. The summed E-state index contributed by atoms with van der Waals surface area (Å²) in [4.78, 5) is 17.5. The molecule has 2 saturated heterocycles. The lowest BCUT2D eigenvalue weighted by Gasteiger charge is -2.35. The van der Waals surface area contributed by atoms with Gasteiger partial charge in [-0.2, -0.15) is 4.52 Å². The summed E-state index contributed by atoms with van der Waals surface area (Å²) in [7, 11) is 0. The van der Waals surface area contributed by atoms with Gasteiger partial charge in [0.05, 0.1) is 0 Å². The first-order valence-electron chi connectivity index (χ1n) is 15.6. The van der Waals surface area contributed by atoms with Crippen LogP contribution < -0.4 is 0 Å². The van der Waals surface area contributed by atoms with Crippen molar-refractivity contribution in [2.24, 2.45) is 17.8 Å². The van der Waals surface area contributed by atoms with Crippen LogP contribution in [0.3, 0.4) is 0 Å². The number of aliphatic carboxylic acids is 1. The lowest BCUT2D eigenvalue weighted by Crippen LogP contribution is -2.46. The number of benzene rings is 1. The number of rotatable bonds is 10. The summed E-state index contributed by atoms with van der Waals surface area (Å²) in [5.74, 6) is 1.33. The molecular formula is C32H44N6O2. The van der Waals surface area contributed by atoms with Gasteiger partial charge in [0.25, 0.3) is 0 Å². The molecule has 8 heteroatoms. The summed E-state index contributed by atoms with van der Waals surface area (Å²) in [6.45, 7) is 5.13. The number of hydrogen-bond donors (Lipinski definition) is 1. The van der Waals surface area contributed by atoms with Crippen LogP contribution in [0.2, 0.25) is 0 Å². The van der Waals surface area contributed by atoms with Crippen LogP contribution in [0.4, 0.5) is 0 Å². The molecule has 3 aliphatic rings. The first kappa shape index (κ1) is 27.3. The minimum absolute atomic E-state index is 0.296. The van der Waals surface area contributed by atoms with E-state index in [-0.39, 0.29) is 6.04 Å². The number of nitrogens with zero attached hydrogens (tertiary/aromatic N) is 6. The Bertz CT molecular complexity index is 1230. The molecule has 2 aliphatic heterocycles. The number of aryl methyl sites for hydroxylation is 1. The number of likely N-dealkylation sites (tertiary alicyclic amines) is 2. The average molecular weight is 545 g/mol. The number of hydrogen-bond acceptors (Lipinski definition) is 6. The SMILES string of the molecule is O=C(O)C(C1CCCCC1)N1CC(CN2CCC(CCCc3cccc4nnnn34)CC2)C(c2ccccc2)C1. The van der Waals surface area contributed by atoms with Crippen molar-refractivity contribution < 1.29 is 9.90 Å². The highest BCUT2D eigenvalue weighted by molar-refractivity contribution is 5.74. The van der Waals surface area contributed by atoms with Crippen LogP contribution in [-0.2, 0) is 11.2 Å². The van der Waals surface area contributed by atoms with Crippen molar-refractivity contribution in [2.75, 3.05) is 32.7 Å². The number of carboxylic acids is 1. The van der Waals surface area contributed by atoms with E-state index in [0.717, 1.165) is 70.0 Å². The van der Waals surface area contributed by atoms with Gasteiger partial charge in [0.1, 0.15) is 6.04 Å². The second-order valence-corrected chi connectivity index (χ2v) is 12.5. The lowest BCUT2D eigenvalue weighted by molar-refractivity contribution is -0.145. The number of pyridine rings is 1. The number of carboxylic acid groups (broad SMARTS) is 1. The smallest absolute Gasteiger partial charge is 0.321 e. The predicted octanol–water partition coefficient (Wildman–Crippen LogP) is 4.91. The summed E-state index contributed by atoms with van der Waals surface area (Å²) >= 11 is 0. The van der Waals surface area contributed by atoms with Gasteiger partial charge in [-0.25, -0.2) is 0 Å². The number of aromatic nitrogens is 4. The molecule has 0 bridgehead atoms. The second kappa shape index (κ2) is 12.8. The van der Waals surface area contributed by atoms with E-state index in [2.05, 4.69) is 61.7 Å². The molecule has 1 aliphatic carbocycles. The Kier molecular flexibility index (Phi) is 8.73. The molecule has 1 N–H and O–H groups in total. The van der Waals surface area contributed by atoms with Gasteiger partial charge in [-0.3, -0.25) is 9.69 Å². The molecule has 40 heavy (non-hydrogen) atoms. The molecule has 3 aromatic rings. The van der Waals surface area contributed by atoms with Crippen LogP contribution in [-0.4, -0.2) is 79.7 Å². The first-order valence-corrected chi connectivity index (χ1v) is 15.6. The molecular weight excluding hydrogens is 500 g/mol. The van der Waals surface area contributed by atoms with Crippen LogP contribution >= 0.6 is 0 Å². The van der Waals surface area contributed by atoms with E-state index in [1.807, 2.05) is 16.6 Å². The molecule has 214 valence electrons. The van der Waals surface area contributed by atoms with Gasteiger partial charge in [0.15, 0.2) is 5.65 Å². The zero-order chi connectivity index (χ0) is 27.3. The zero-order valence-corrected chi connectivity index (χ0v) is 23.7. The first-order chi connectivity index (χ1) is 19.7. The van der Waals surface area contributed by atoms with Gasteiger partial charge in [0, 0.05) is 31.2 Å². The van der Waals surface area contributed by atoms with Crippen LogP contribution in [0.1, 0.15) is 75.0 Å². The maximum atomic E-state index is 12.5. The molecule has 0 radical (unpaired) electrons. The zero-order valence-electron chi connectivity index (χ0n) is 23.7. The van der Waals surface area contributed by atoms with Crippen LogP contribution in [0.25, 0.3) is 5.65 Å². The quantitative estimate of drug-likeness (QED) is 0.388. The molecule has 8 nitrogen and oxygen atoms in total. The van der Waals surface area contributed by atoms with Crippen LogP contribution in [0.5, 0.6) is 0 Å². The normalized spacial score (nSPS) is 24.5. The van der Waals surface area contributed by atoms with E-state index in [0.29, 0.717) is 17.8 Å². The molecule has 0 amide bonds. The maximum absolute atomic E-state index is 12.5. The van der Waals surface area contributed by atoms with Crippen molar-refractivity contribution in [1.29, 1.82) is 0 Å². The third-order valence-electron chi connectivity index (χ3n) is 9.98. The monoisotopic (exact) mass is 544 g/mol. The number of piperidine rings is 1. The predicted molar refractivity (Wildman–Crippen MR) is 155 cm³/mol. The van der Waals surface area contributed by atoms with E-state index in [9.17, 15) is 9.90 Å². The number of fused-ring (bicyclic) bond motifs is 1. The second-order valence-electron chi connectivity index (χ2n) is 12.5. The summed E-state index contributed by atoms with van der Waals surface area (Å²) in [5.41, 5.74) is 3.37. The van der Waals surface area contributed by atoms with Gasteiger partial charge < -0.3 is 10.0 Å². The Morgan fingerprint density at radius 3 is 2.52 bits per heavy atom. The molecule has 1 saturated carbocycles. The molecule has 3 unspecified atom stereocenters. The highest BCUT2D eigenvalue weighted by Crippen LogP contribution is 2.38. The molecule has 6 rings (SSSR count). The highest BCUT2D eigenvalue weighted by atomic mass is 16.4. The molecule has 3 atom stereocenters. The number of carbonyl (C=O) groups is 1. The molecule has 1 aromatic carbocycles. The van der Waals surface area contributed by atoms with E-state index >= 15 is 0 Å². The third-order valence-corrected chi connectivity index (χ3v) is 9.98. The fourth-order valence-electron chi connectivity index (χ4n) is 7.87. The standard InChI is InChI=1S/C32H44N6O2/c39-32(40)31(26-12-5-2-6-13-26)37-22-27(29(23-37)25-10-3-1-4-11-25)21-36-19-17-24(18-20-36)9-7-14-28-15-8-16-30-33-34-35-38(28)30/h1,3-4,8,10-11,15-16,24,26-27,29,31H,2,5-7,9,12-14,17-23H2,(H,39,40). The van der Waals surface area contributed by atoms with E-state index in [1.165, 1.54) is 49.8 Å². The fourth-order valence-corrected chi connectivity index (χ4v) is 7.87. The Morgan fingerprint density at radius 2 is 1.75 bits per heavy atom. The minimum atomic E-state index is -0.614. The summed E-state index contributed by atoms with van der Waals surface area (Å²) in [6, 6.07) is 16.6. The van der Waals surface area contributed by atoms with Crippen molar-refractivity contribution in [2.45, 2.75) is 76.2 Å². The molecule has 3 fully saturated rings. The van der Waals surface area contributed by atoms with Gasteiger partial charge >= 0.3 is 5.97 Å². The summed E-state index contributed by atoms with van der Waals surface area (Å²) < 4.78 is 1.86. The summed E-state index contributed by atoms with van der Waals surface area (Å²) in [6.07, 6.45) is 11.6. The largest absolute Gasteiger partial charge is 0.480 e. The summed E-state index contributed by atoms with van der Waals surface area (Å²) in [5, 5.41) is 22.3. The van der Waals surface area contributed by atoms with Gasteiger partial charge in [-0.15, -0.1) is 5.10 Å². The van der Waals surface area contributed by atoms with Crippen molar-refractivity contribution in [3.63, 3.8) is 0 Å². The van der Waals surface area contributed by atoms with Gasteiger partial charge in [-0.05, 0) is 104 Å². The third kappa shape index (κ3) is 6.23. The van der Waals surface area contributed by atoms with Crippen molar-refractivity contribution in [3.05, 3.63) is 59.8 Å². The van der Waals surface area contributed by atoms with E-state index in [1.54, 1.807) is 0 Å². The van der Waals surface area contributed by atoms with Crippen LogP contribution in [0, 0.1) is 17.8 Å². The lowest BCUT2D eigenvalue weighted by atomic mass is 9.83. The number of tetrazole rings is 1. The topological polar surface area (TPSA) is 86.9 Å². The van der Waals surface area contributed by atoms with E-state index < -0.39 is 5.97 Å². The molecule has 2 aromatic heterocycles. The highest BCUT2D eigenvalue weighted by Gasteiger charge is 2.43. The molecule has 4 heterocycles. The van der Waals surface area contributed by atoms with Gasteiger partial charge in [0.2, 0.25) is 0 Å². The van der Waals surface area contributed by atoms with Gasteiger partial charge in [-0.1, -0.05) is 55.7 Å². The van der Waals surface area contributed by atoms with E-state index in [4.69, 9.17) is 0 Å².